The van der Waals surface area contributed by atoms with Crippen LogP contribution in [0.5, 0.6) is 0 Å². The summed E-state index contributed by atoms with van der Waals surface area (Å²) in [5, 5.41) is 11.1. The Morgan fingerprint density at radius 3 is 2.39 bits per heavy atom. The van der Waals surface area contributed by atoms with Gasteiger partial charge < -0.3 is 0 Å². The average Bonchev–Trinajstić information content (AvgIpc) is 2.38. The lowest BCUT2D eigenvalue weighted by Gasteiger charge is -1.96. The third-order valence-corrected chi connectivity index (χ3v) is 2.63. The molecule has 5 heteroatoms. The highest BCUT2D eigenvalue weighted by Crippen LogP contribution is 2.23. The number of para-hydroxylation sites is 1. The predicted molar refractivity (Wildman–Crippen MR) is 71.8 cm³/mol. The van der Waals surface area contributed by atoms with Crippen LogP contribution in [0, 0.1) is 10.1 Å². The van der Waals surface area contributed by atoms with Crippen molar-refractivity contribution in [2.45, 2.75) is 0 Å². The van der Waals surface area contributed by atoms with Crippen LogP contribution < -0.4 is 0 Å². The summed E-state index contributed by atoms with van der Waals surface area (Å²) >= 11 is 5.95. The quantitative estimate of drug-likeness (QED) is 0.476. The van der Waals surface area contributed by atoms with Crippen LogP contribution in [0.4, 0.5) is 11.4 Å². The number of benzene rings is 2. The number of non-ortho nitro benzene ring substituents is 1. The van der Waals surface area contributed by atoms with E-state index in [1.807, 2.05) is 12.1 Å². The highest BCUT2D eigenvalue weighted by Gasteiger charge is 2.02. The highest BCUT2D eigenvalue weighted by atomic mass is 35.5. The molecule has 0 saturated carbocycles. The lowest BCUT2D eigenvalue weighted by atomic mass is 10.2. The summed E-state index contributed by atoms with van der Waals surface area (Å²) < 4.78 is 0. The number of hydrogen-bond acceptors (Lipinski definition) is 3. The maximum absolute atomic E-state index is 10.5. The lowest BCUT2D eigenvalue weighted by Crippen LogP contribution is -1.88. The van der Waals surface area contributed by atoms with E-state index in [4.69, 9.17) is 11.6 Å². The van der Waals surface area contributed by atoms with Gasteiger partial charge in [-0.3, -0.25) is 15.1 Å². The van der Waals surface area contributed by atoms with E-state index in [0.29, 0.717) is 10.7 Å². The maximum Gasteiger partial charge on any atom is 0.269 e. The molecule has 0 aliphatic carbocycles. The minimum absolute atomic E-state index is 0.0601. The molecule has 90 valence electrons. The van der Waals surface area contributed by atoms with Crippen molar-refractivity contribution in [1.29, 1.82) is 0 Å². The van der Waals surface area contributed by atoms with Gasteiger partial charge in [-0.05, 0) is 29.8 Å². The lowest BCUT2D eigenvalue weighted by molar-refractivity contribution is -0.384. The minimum Gasteiger partial charge on any atom is -0.258 e. The number of rotatable bonds is 3. The average molecular weight is 261 g/mol. The van der Waals surface area contributed by atoms with Gasteiger partial charge in [0.15, 0.2) is 0 Å². The number of nitro benzene ring substituents is 1. The smallest absolute Gasteiger partial charge is 0.258 e. The summed E-state index contributed by atoms with van der Waals surface area (Å²) in [4.78, 5) is 14.3. The van der Waals surface area contributed by atoms with E-state index in [0.717, 1.165) is 5.56 Å². The zero-order valence-electron chi connectivity index (χ0n) is 9.29. The zero-order valence-corrected chi connectivity index (χ0v) is 10.0. The molecule has 0 bridgehead atoms. The van der Waals surface area contributed by atoms with Gasteiger partial charge in [0.25, 0.3) is 5.69 Å². The summed E-state index contributed by atoms with van der Waals surface area (Å²) in [7, 11) is 0. The molecule has 0 spiro atoms. The highest BCUT2D eigenvalue weighted by molar-refractivity contribution is 6.33. The van der Waals surface area contributed by atoms with Gasteiger partial charge in [0.2, 0.25) is 0 Å². The first-order chi connectivity index (χ1) is 8.66. The Morgan fingerprint density at radius 2 is 1.78 bits per heavy atom. The summed E-state index contributed by atoms with van der Waals surface area (Å²) in [6.45, 7) is 0. The van der Waals surface area contributed by atoms with Crippen LogP contribution >= 0.6 is 11.6 Å². The molecule has 4 nitrogen and oxygen atoms in total. The maximum atomic E-state index is 10.5. The first-order valence-corrected chi connectivity index (χ1v) is 5.57. The number of aliphatic imine (C=N–C) groups is 1. The molecule has 0 aliphatic rings. The number of nitro groups is 1. The summed E-state index contributed by atoms with van der Waals surface area (Å²) in [6.07, 6.45) is 1.62. The second-order valence-electron chi connectivity index (χ2n) is 3.56. The van der Waals surface area contributed by atoms with Gasteiger partial charge in [0.05, 0.1) is 15.6 Å². The molecule has 0 N–H and O–H groups in total. The van der Waals surface area contributed by atoms with Crippen LogP contribution in [0.15, 0.2) is 53.5 Å². The molecule has 0 aliphatic heterocycles. The molecule has 0 heterocycles. The molecule has 0 unspecified atom stereocenters. The van der Waals surface area contributed by atoms with Gasteiger partial charge in [0.1, 0.15) is 0 Å². The number of nitrogens with zero attached hydrogens (tertiary/aromatic N) is 2. The van der Waals surface area contributed by atoms with E-state index < -0.39 is 4.92 Å². The van der Waals surface area contributed by atoms with Gasteiger partial charge in [-0.1, -0.05) is 23.7 Å². The summed E-state index contributed by atoms with van der Waals surface area (Å²) in [6, 6.07) is 13.4. The van der Waals surface area contributed by atoms with E-state index >= 15 is 0 Å². The van der Waals surface area contributed by atoms with Crippen LogP contribution in [0.3, 0.4) is 0 Å². The van der Waals surface area contributed by atoms with Gasteiger partial charge in [-0.2, -0.15) is 0 Å². The third kappa shape index (κ3) is 2.93. The number of hydrogen-bond donors (Lipinski definition) is 0. The van der Waals surface area contributed by atoms with E-state index in [-0.39, 0.29) is 5.69 Å². The largest absolute Gasteiger partial charge is 0.269 e. The van der Waals surface area contributed by atoms with Crippen LogP contribution in [-0.4, -0.2) is 11.1 Å². The fraction of sp³-hybridized carbons (Fsp3) is 0. The van der Waals surface area contributed by atoms with Crippen molar-refractivity contribution >= 4 is 29.2 Å². The Labute approximate surface area is 109 Å². The third-order valence-electron chi connectivity index (χ3n) is 2.31. The summed E-state index contributed by atoms with van der Waals surface area (Å²) in [5.41, 5.74) is 1.50. The van der Waals surface area contributed by atoms with Crippen molar-refractivity contribution in [2.24, 2.45) is 4.99 Å². The fourth-order valence-corrected chi connectivity index (χ4v) is 1.57. The number of halogens is 1. The molecule has 0 atom stereocenters. The summed E-state index contributed by atoms with van der Waals surface area (Å²) in [5.74, 6) is 0. The van der Waals surface area contributed by atoms with Crippen molar-refractivity contribution in [2.75, 3.05) is 0 Å². The van der Waals surface area contributed by atoms with Crippen LogP contribution in [-0.2, 0) is 0 Å². The Morgan fingerprint density at radius 1 is 1.11 bits per heavy atom. The van der Waals surface area contributed by atoms with E-state index in [1.54, 1.807) is 30.5 Å². The molecule has 2 aromatic carbocycles. The Hall–Kier alpha value is -2.20. The minimum atomic E-state index is -0.436. The molecule has 18 heavy (non-hydrogen) atoms. The first kappa shape index (κ1) is 12.3. The Bertz CT molecular complexity index is 594. The normalized spacial score (nSPS) is 10.7. The van der Waals surface area contributed by atoms with Crippen LogP contribution in [0.25, 0.3) is 0 Å². The molecular weight excluding hydrogens is 252 g/mol. The molecule has 0 saturated heterocycles. The topological polar surface area (TPSA) is 55.5 Å². The van der Waals surface area contributed by atoms with Gasteiger partial charge in [0, 0.05) is 18.3 Å². The fourth-order valence-electron chi connectivity index (χ4n) is 1.38. The van der Waals surface area contributed by atoms with Crippen LogP contribution in [0.2, 0.25) is 5.02 Å². The van der Waals surface area contributed by atoms with E-state index in [1.165, 1.54) is 12.1 Å². The molecule has 0 radical (unpaired) electrons. The van der Waals surface area contributed by atoms with Gasteiger partial charge in [-0.25, -0.2) is 0 Å². The Balaban J connectivity index is 2.19. The van der Waals surface area contributed by atoms with Gasteiger partial charge >= 0.3 is 0 Å². The van der Waals surface area contributed by atoms with E-state index in [9.17, 15) is 10.1 Å². The Kier molecular flexibility index (Phi) is 3.69. The van der Waals surface area contributed by atoms with Gasteiger partial charge in [-0.15, -0.1) is 0 Å². The molecule has 0 aromatic heterocycles. The second-order valence-corrected chi connectivity index (χ2v) is 3.97. The first-order valence-electron chi connectivity index (χ1n) is 5.20. The van der Waals surface area contributed by atoms with Crippen molar-refractivity contribution in [1.82, 2.24) is 0 Å². The van der Waals surface area contributed by atoms with Crippen molar-refractivity contribution in [3.8, 4) is 0 Å². The zero-order chi connectivity index (χ0) is 13.0. The SMILES string of the molecule is O=[N+]([O-])c1ccc(C=Nc2ccccc2Cl)cc1. The molecule has 0 amide bonds. The monoisotopic (exact) mass is 260 g/mol. The van der Waals surface area contributed by atoms with Crippen LogP contribution in [0.1, 0.15) is 5.56 Å². The standard InChI is InChI=1S/C13H9ClN2O2/c14-12-3-1-2-4-13(12)15-9-10-5-7-11(8-6-10)16(17)18/h1-9H. The predicted octanol–water partition coefficient (Wildman–Crippen LogP) is 4.00. The second kappa shape index (κ2) is 5.42. The molecule has 2 aromatic rings. The van der Waals surface area contributed by atoms with Crippen molar-refractivity contribution in [3.05, 3.63) is 69.2 Å². The van der Waals surface area contributed by atoms with Crippen molar-refractivity contribution < 1.29 is 4.92 Å². The molecule has 2 rings (SSSR count). The molecular formula is C13H9ClN2O2. The molecule has 0 fully saturated rings. The van der Waals surface area contributed by atoms with Crippen molar-refractivity contribution in [3.63, 3.8) is 0 Å². The van der Waals surface area contributed by atoms with E-state index in [2.05, 4.69) is 4.99 Å².